The summed E-state index contributed by atoms with van der Waals surface area (Å²) in [5, 5.41) is 10.8. The van der Waals surface area contributed by atoms with Crippen LogP contribution in [0.25, 0.3) is 21.7 Å². The third kappa shape index (κ3) is 1.83. The van der Waals surface area contributed by atoms with E-state index in [0.29, 0.717) is 0 Å². The number of furan rings is 1. The Balaban J connectivity index is 2.07. The van der Waals surface area contributed by atoms with Crippen LogP contribution in [-0.2, 0) is 0 Å². The topological polar surface area (TPSA) is 64.9 Å². The lowest BCUT2D eigenvalue weighted by Gasteiger charge is -1.93. The summed E-state index contributed by atoms with van der Waals surface area (Å²) >= 11 is 1.47. The van der Waals surface area contributed by atoms with Gasteiger partial charge in [0.25, 0.3) is 0 Å². The van der Waals surface area contributed by atoms with Crippen molar-refractivity contribution in [3.63, 3.8) is 0 Å². The molecule has 86 valence electrons. The van der Waals surface area contributed by atoms with Crippen molar-refractivity contribution in [3.8, 4) is 10.8 Å². The smallest absolute Gasteiger partial charge is 0.183 e. The molecule has 4 nitrogen and oxygen atoms in total. The summed E-state index contributed by atoms with van der Waals surface area (Å²) in [6.45, 7) is 1.89. The zero-order valence-electron chi connectivity index (χ0n) is 9.25. The minimum atomic E-state index is -0.0920. The zero-order chi connectivity index (χ0) is 11.8. The highest BCUT2D eigenvalue weighted by Crippen LogP contribution is 2.30. The van der Waals surface area contributed by atoms with Gasteiger partial charge in [-0.2, -0.15) is 0 Å². The molecule has 17 heavy (non-hydrogen) atoms. The van der Waals surface area contributed by atoms with Crippen LogP contribution in [0.15, 0.2) is 34.7 Å². The second kappa shape index (κ2) is 3.94. The van der Waals surface area contributed by atoms with Crippen molar-refractivity contribution < 1.29 is 4.42 Å². The molecule has 0 saturated heterocycles. The Hall–Kier alpha value is -1.72. The van der Waals surface area contributed by atoms with Crippen molar-refractivity contribution in [2.75, 3.05) is 0 Å². The molecular weight excluding hydrogens is 234 g/mol. The minimum absolute atomic E-state index is 0.0920. The van der Waals surface area contributed by atoms with Gasteiger partial charge in [-0.15, -0.1) is 10.2 Å². The lowest BCUT2D eigenvalue weighted by Crippen LogP contribution is -2.03. The van der Waals surface area contributed by atoms with Crippen LogP contribution in [0.5, 0.6) is 0 Å². The van der Waals surface area contributed by atoms with Crippen LogP contribution in [0.1, 0.15) is 18.0 Å². The van der Waals surface area contributed by atoms with Crippen molar-refractivity contribution >= 4 is 22.3 Å². The Kier molecular flexibility index (Phi) is 2.42. The summed E-state index contributed by atoms with van der Waals surface area (Å²) in [7, 11) is 0. The molecule has 0 spiro atoms. The number of fused-ring (bicyclic) bond motifs is 1. The lowest BCUT2D eigenvalue weighted by atomic mass is 10.2. The van der Waals surface area contributed by atoms with Gasteiger partial charge in [-0.1, -0.05) is 29.5 Å². The summed E-state index contributed by atoms with van der Waals surface area (Å²) in [5.41, 5.74) is 6.62. The van der Waals surface area contributed by atoms with Crippen molar-refractivity contribution in [1.29, 1.82) is 0 Å². The third-order valence-corrected chi connectivity index (χ3v) is 3.61. The van der Waals surface area contributed by atoms with Crippen LogP contribution in [0.3, 0.4) is 0 Å². The molecule has 0 aliphatic rings. The number of nitrogens with two attached hydrogens (primary N) is 1. The zero-order valence-corrected chi connectivity index (χ0v) is 10.1. The molecule has 3 rings (SSSR count). The molecule has 0 amide bonds. The number of para-hydroxylation sites is 1. The van der Waals surface area contributed by atoms with E-state index in [1.54, 1.807) is 0 Å². The van der Waals surface area contributed by atoms with E-state index in [2.05, 4.69) is 10.2 Å². The summed E-state index contributed by atoms with van der Waals surface area (Å²) in [4.78, 5) is 0. The van der Waals surface area contributed by atoms with Crippen molar-refractivity contribution in [3.05, 3.63) is 35.3 Å². The second-order valence-corrected chi connectivity index (χ2v) is 4.89. The van der Waals surface area contributed by atoms with E-state index in [9.17, 15) is 0 Å². The minimum Gasteiger partial charge on any atom is -0.453 e. The van der Waals surface area contributed by atoms with Crippen LogP contribution in [0.2, 0.25) is 0 Å². The van der Waals surface area contributed by atoms with Gasteiger partial charge >= 0.3 is 0 Å². The molecule has 5 heteroatoms. The van der Waals surface area contributed by atoms with Crippen LogP contribution in [0.4, 0.5) is 0 Å². The Labute approximate surface area is 102 Å². The van der Waals surface area contributed by atoms with Gasteiger partial charge < -0.3 is 10.2 Å². The largest absolute Gasteiger partial charge is 0.453 e. The van der Waals surface area contributed by atoms with E-state index in [0.717, 1.165) is 26.7 Å². The maximum Gasteiger partial charge on any atom is 0.183 e. The molecule has 2 N–H and O–H groups in total. The highest BCUT2D eigenvalue weighted by Gasteiger charge is 2.13. The molecule has 0 aliphatic carbocycles. The molecule has 1 aromatic carbocycles. The van der Waals surface area contributed by atoms with Gasteiger partial charge in [0.2, 0.25) is 0 Å². The van der Waals surface area contributed by atoms with Gasteiger partial charge in [-0.05, 0) is 19.1 Å². The Bertz CT molecular complexity index is 623. The van der Waals surface area contributed by atoms with Gasteiger partial charge in [-0.3, -0.25) is 0 Å². The number of hydrogen-bond donors (Lipinski definition) is 1. The quantitative estimate of drug-likeness (QED) is 0.753. The average molecular weight is 245 g/mol. The first-order valence-electron chi connectivity index (χ1n) is 5.32. The fourth-order valence-corrected chi connectivity index (χ4v) is 2.35. The summed E-state index contributed by atoms with van der Waals surface area (Å²) in [5.74, 6) is 0.746. The van der Waals surface area contributed by atoms with Crippen molar-refractivity contribution in [2.45, 2.75) is 13.0 Å². The molecule has 0 radical (unpaired) electrons. The number of hydrogen-bond acceptors (Lipinski definition) is 5. The molecule has 0 saturated carbocycles. The normalized spacial score (nSPS) is 13.1. The predicted octanol–water partition coefficient (Wildman–Crippen LogP) is 2.97. The van der Waals surface area contributed by atoms with E-state index >= 15 is 0 Å². The van der Waals surface area contributed by atoms with E-state index in [4.69, 9.17) is 10.2 Å². The molecule has 0 aliphatic heterocycles. The van der Waals surface area contributed by atoms with Crippen LogP contribution in [0, 0.1) is 0 Å². The SMILES string of the molecule is CC(N)c1nnc(-c2cc3ccccc3o2)s1. The third-order valence-electron chi connectivity index (χ3n) is 2.47. The molecule has 2 aromatic heterocycles. The lowest BCUT2D eigenvalue weighted by molar-refractivity contribution is 0.629. The van der Waals surface area contributed by atoms with E-state index in [1.165, 1.54) is 11.3 Å². The number of nitrogens with zero attached hydrogens (tertiary/aromatic N) is 2. The van der Waals surface area contributed by atoms with Crippen molar-refractivity contribution in [1.82, 2.24) is 10.2 Å². The molecule has 2 heterocycles. The van der Waals surface area contributed by atoms with Crippen LogP contribution >= 0.6 is 11.3 Å². The van der Waals surface area contributed by atoms with Gasteiger partial charge in [-0.25, -0.2) is 0 Å². The van der Waals surface area contributed by atoms with Crippen molar-refractivity contribution in [2.24, 2.45) is 5.73 Å². The summed E-state index contributed by atoms with van der Waals surface area (Å²) in [6.07, 6.45) is 0. The highest BCUT2D eigenvalue weighted by atomic mass is 32.1. The van der Waals surface area contributed by atoms with Gasteiger partial charge in [0, 0.05) is 5.39 Å². The molecule has 3 aromatic rings. The Morgan fingerprint density at radius 1 is 1.29 bits per heavy atom. The van der Waals surface area contributed by atoms with Gasteiger partial charge in [0.1, 0.15) is 10.6 Å². The fourth-order valence-electron chi connectivity index (χ4n) is 1.61. The molecule has 1 unspecified atom stereocenters. The first kappa shape index (κ1) is 10.4. The van der Waals surface area contributed by atoms with E-state index < -0.39 is 0 Å². The molecule has 0 fully saturated rings. The number of benzene rings is 1. The predicted molar refractivity (Wildman–Crippen MR) is 67.7 cm³/mol. The summed E-state index contributed by atoms with van der Waals surface area (Å²) < 4.78 is 5.71. The molecule has 1 atom stereocenters. The molecule has 0 bridgehead atoms. The maximum absolute atomic E-state index is 5.76. The van der Waals surface area contributed by atoms with E-state index in [1.807, 2.05) is 37.3 Å². The fraction of sp³-hybridized carbons (Fsp3) is 0.167. The van der Waals surface area contributed by atoms with Crippen LogP contribution < -0.4 is 5.73 Å². The van der Waals surface area contributed by atoms with E-state index in [-0.39, 0.29) is 6.04 Å². The highest BCUT2D eigenvalue weighted by molar-refractivity contribution is 7.14. The monoisotopic (exact) mass is 245 g/mol. The Morgan fingerprint density at radius 2 is 2.12 bits per heavy atom. The van der Waals surface area contributed by atoms with Gasteiger partial charge in [0.05, 0.1) is 6.04 Å². The first-order chi connectivity index (χ1) is 8.24. The number of aromatic nitrogens is 2. The van der Waals surface area contributed by atoms with Crippen LogP contribution in [-0.4, -0.2) is 10.2 Å². The van der Waals surface area contributed by atoms with Gasteiger partial charge in [0.15, 0.2) is 10.8 Å². The maximum atomic E-state index is 5.76. The average Bonchev–Trinajstić information content (AvgIpc) is 2.95. The standard InChI is InChI=1S/C12H11N3OS/c1-7(13)11-14-15-12(17-11)10-6-8-4-2-3-5-9(8)16-10/h2-7H,13H2,1H3. The number of rotatable bonds is 2. The second-order valence-electron chi connectivity index (χ2n) is 3.88. The Morgan fingerprint density at radius 3 is 2.82 bits per heavy atom. The first-order valence-corrected chi connectivity index (χ1v) is 6.13. The molecular formula is C12H11N3OS. The summed E-state index contributed by atoms with van der Waals surface area (Å²) in [6, 6.07) is 9.76.